The Bertz CT molecular complexity index is 581. The lowest BCUT2D eigenvalue weighted by Crippen LogP contribution is -2.48. The van der Waals surface area contributed by atoms with E-state index in [-0.39, 0.29) is 11.5 Å². The van der Waals surface area contributed by atoms with Crippen LogP contribution in [-0.2, 0) is 0 Å². The Labute approximate surface area is 128 Å². The third kappa shape index (κ3) is 1.67. The minimum absolute atomic E-state index is 0.168. The third-order valence-electron chi connectivity index (χ3n) is 7.12. The molecule has 6 atom stereocenters. The zero-order valence-corrected chi connectivity index (χ0v) is 13.2. The van der Waals surface area contributed by atoms with E-state index in [4.69, 9.17) is 0 Å². The summed E-state index contributed by atoms with van der Waals surface area (Å²) in [7, 11) is 0. The molecule has 1 nitrogen and oxygen atoms in total. The topological polar surface area (TPSA) is 20.2 Å². The number of aliphatic hydroxyl groups is 1. The number of rotatable bonds is 0. The van der Waals surface area contributed by atoms with Gasteiger partial charge in [0.2, 0.25) is 0 Å². The van der Waals surface area contributed by atoms with E-state index >= 15 is 0 Å². The molecule has 0 heterocycles. The van der Waals surface area contributed by atoms with Gasteiger partial charge in [-0.15, -0.1) is 0 Å². The Morgan fingerprint density at radius 3 is 2.90 bits per heavy atom. The summed E-state index contributed by atoms with van der Waals surface area (Å²) in [6.07, 6.45) is 15.7. The van der Waals surface area contributed by atoms with Gasteiger partial charge in [0.25, 0.3) is 0 Å². The van der Waals surface area contributed by atoms with Crippen LogP contribution in [0.3, 0.4) is 0 Å². The average molecular weight is 282 g/mol. The molecule has 0 aromatic carbocycles. The second kappa shape index (κ2) is 4.23. The van der Waals surface area contributed by atoms with E-state index in [0.29, 0.717) is 11.3 Å². The van der Waals surface area contributed by atoms with Crippen LogP contribution in [-0.4, -0.2) is 11.2 Å². The van der Waals surface area contributed by atoms with Crippen molar-refractivity contribution in [2.45, 2.75) is 45.6 Å². The number of allylic oxidation sites excluding steroid dienone is 5. The standard InChI is InChI=1S/C20H26O/c1-13-4-7-17-16-6-5-14-12-15(21)8-10-20(14,3)18(16)9-11-19(13,17)2/h4-5,7-8,10,15-18,21H,1,6,9,11-12H2,2-3H3/t15-,16?,17?,18?,19+,20-/m0/s1. The molecule has 112 valence electrons. The monoisotopic (exact) mass is 282 g/mol. The second-order valence-corrected chi connectivity index (χ2v) is 8.01. The highest BCUT2D eigenvalue weighted by atomic mass is 16.3. The van der Waals surface area contributed by atoms with E-state index < -0.39 is 0 Å². The first-order chi connectivity index (χ1) is 9.95. The molecule has 1 heteroatoms. The van der Waals surface area contributed by atoms with E-state index in [1.54, 1.807) is 0 Å². The Morgan fingerprint density at radius 1 is 1.29 bits per heavy atom. The van der Waals surface area contributed by atoms with Crippen LogP contribution in [0.1, 0.15) is 39.5 Å². The number of fused-ring (bicyclic) bond motifs is 5. The molecule has 0 saturated heterocycles. The van der Waals surface area contributed by atoms with Gasteiger partial charge in [-0.25, -0.2) is 0 Å². The van der Waals surface area contributed by atoms with Gasteiger partial charge in [-0.1, -0.05) is 56.4 Å². The van der Waals surface area contributed by atoms with Crippen LogP contribution >= 0.6 is 0 Å². The van der Waals surface area contributed by atoms with Crippen LogP contribution in [0.15, 0.2) is 48.1 Å². The first-order valence-electron chi connectivity index (χ1n) is 8.40. The van der Waals surface area contributed by atoms with Crippen LogP contribution in [0, 0.1) is 28.6 Å². The summed E-state index contributed by atoms with van der Waals surface area (Å²) in [5.74, 6) is 2.10. The van der Waals surface area contributed by atoms with Crippen molar-refractivity contribution in [1.82, 2.24) is 0 Å². The molecular weight excluding hydrogens is 256 g/mol. The zero-order chi connectivity index (χ0) is 14.8. The summed E-state index contributed by atoms with van der Waals surface area (Å²) >= 11 is 0. The van der Waals surface area contributed by atoms with Gasteiger partial charge < -0.3 is 5.11 Å². The van der Waals surface area contributed by atoms with Crippen molar-refractivity contribution < 1.29 is 5.11 Å². The van der Waals surface area contributed by atoms with Gasteiger partial charge in [0.05, 0.1) is 6.10 Å². The fourth-order valence-corrected chi connectivity index (χ4v) is 5.63. The lowest BCUT2D eigenvalue weighted by Gasteiger charge is -2.55. The van der Waals surface area contributed by atoms with Crippen LogP contribution in [0.4, 0.5) is 0 Å². The van der Waals surface area contributed by atoms with Crippen molar-refractivity contribution in [1.29, 1.82) is 0 Å². The molecule has 1 saturated carbocycles. The lowest BCUT2D eigenvalue weighted by atomic mass is 9.49. The molecule has 4 aliphatic carbocycles. The summed E-state index contributed by atoms with van der Waals surface area (Å²) in [4.78, 5) is 0. The number of hydrogen-bond donors (Lipinski definition) is 1. The van der Waals surface area contributed by atoms with Crippen LogP contribution in [0.5, 0.6) is 0 Å². The average Bonchev–Trinajstić information content (AvgIpc) is 2.76. The van der Waals surface area contributed by atoms with E-state index in [9.17, 15) is 5.11 Å². The lowest BCUT2D eigenvalue weighted by molar-refractivity contribution is 0.0247. The predicted octanol–water partition coefficient (Wildman–Crippen LogP) is 4.42. The van der Waals surface area contributed by atoms with E-state index in [1.807, 2.05) is 6.08 Å². The zero-order valence-electron chi connectivity index (χ0n) is 13.2. The maximum absolute atomic E-state index is 9.93. The molecule has 3 unspecified atom stereocenters. The van der Waals surface area contributed by atoms with E-state index in [1.165, 1.54) is 30.4 Å². The minimum Gasteiger partial charge on any atom is -0.389 e. The molecule has 1 N–H and O–H groups in total. The molecule has 0 aromatic heterocycles. The largest absolute Gasteiger partial charge is 0.389 e. The van der Waals surface area contributed by atoms with Crippen LogP contribution in [0.25, 0.3) is 0 Å². The molecule has 0 radical (unpaired) electrons. The fraction of sp³-hybridized carbons (Fsp3) is 0.600. The van der Waals surface area contributed by atoms with Crippen molar-refractivity contribution in [3.63, 3.8) is 0 Å². The summed E-state index contributed by atoms with van der Waals surface area (Å²) < 4.78 is 0. The molecular formula is C20H26O. The van der Waals surface area contributed by atoms with Crippen LogP contribution < -0.4 is 0 Å². The summed E-state index contributed by atoms with van der Waals surface area (Å²) in [6.45, 7) is 9.12. The molecule has 4 rings (SSSR count). The Kier molecular flexibility index (Phi) is 2.73. The summed E-state index contributed by atoms with van der Waals surface area (Å²) in [5.41, 5.74) is 3.27. The number of aliphatic hydroxyl groups excluding tert-OH is 1. The predicted molar refractivity (Wildman–Crippen MR) is 86.7 cm³/mol. The van der Waals surface area contributed by atoms with Gasteiger partial charge in [0.1, 0.15) is 0 Å². The molecule has 0 spiro atoms. The Morgan fingerprint density at radius 2 is 2.10 bits per heavy atom. The van der Waals surface area contributed by atoms with Crippen molar-refractivity contribution in [3.05, 3.63) is 48.1 Å². The first-order valence-corrected chi connectivity index (χ1v) is 8.40. The smallest absolute Gasteiger partial charge is 0.0758 e. The quantitative estimate of drug-likeness (QED) is 0.652. The van der Waals surface area contributed by atoms with Gasteiger partial charge in [0.15, 0.2) is 0 Å². The molecule has 1 fully saturated rings. The number of hydrogen-bond acceptors (Lipinski definition) is 1. The highest BCUT2D eigenvalue weighted by Gasteiger charge is 2.54. The molecule has 0 bridgehead atoms. The SMILES string of the molecule is C=C1C=CC2C3CC=C4C[C@@H](O)C=C[C@]4(C)C3CC[C@]12C. The van der Waals surface area contributed by atoms with Crippen molar-refractivity contribution >= 4 is 0 Å². The van der Waals surface area contributed by atoms with Gasteiger partial charge in [-0.2, -0.15) is 0 Å². The van der Waals surface area contributed by atoms with Gasteiger partial charge >= 0.3 is 0 Å². The molecule has 0 aromatic rings. The van der Waals surface area contributed by atoms with Gasteiger partial charge in [-0.05, 0) is 54.4 Å². The maximum atomic E-state index is 9.93. The Balaban J connectivity index is 1.74. The van der Waals surface area contributed by atoms with Gasteiger partial charge in [0, 0.05) is 5.41 Å². The van der Waals surface area contributed by atoms with Gasteiger partial charge in [-0.3, -0.25) is 0 Å². The fourth-order valence-electron chi connectivity index (χ4n) is 5.63. The molecule has 21 heavy (non-hydrogen) atoms. The molecule has 4 aliphatic rings. The van der Waals surface area contributed by atoms with Crippen molar-refractivity contribution in [2.75, 3.05) is 0 Å². The maximum Gasteiger partial charge on any atom is 0.0758 e. The highest BCUT2D eigenvalue weighted by molar-refractivity contribution is 5.38. The first kappa shape index (κ1) is 13.6. The molecule has 0 amide bonds. The summed E-state index contributed by atoms with van der Waals surface area (Å²) in [5, 5.41) is 9.93. The van der Waals surface area contributed by atoms with E-state index in [0.717, 1.165) is 18.3 Å². The second-order valence-electron chi connectivity index (χ2n) is 8.01. The minimum atomic E-state index is -0.277. The van der Waals surface area contributed by atoms with Crippen molar-refractivity contribution in [3.8, 4) is 0 Å². The molecule has 0 aliphatic heterocycles. The third-order valence-corrected chi connectivity index (χ3v) is 7.12. The summed E-state index contributed by atoms with van der Waals surface area (Å²) in [6, 6.07) is 0. The van der Waals surface area contributed by atoms with Crippen LogP contribution in [0.2, 0.25) is 0 Å². The normalized spacial score (nSPS) is 51.2. The highest BCUT2D eigenvalue weighted by Crippen LogP contribution is 2.63. The van der Waals surface area contributed by atoms with E-state index in [2.05, 4.69) is 44.7 Å². The Hall–Kier alpha value is -1.08. The van der Waals surface area contributed by atoms with Crippen molar-refractivity contribution in [2.24, 2.45) is 28.6 Å².